The number of benzene rings is 2. The van der Waals surface area contributed by atoms with Crippen LogP contribution in [0.1, 0.15) is 25.5 Å². The van der Waals surface area contributed by atoms with E-state index >= 15 is 0 Å². The third-order valence-corrected chi connectivity index (χ3v) is 4.07. The van der Waals surface area contributed by atoms with Gasteiger partial charge in [0, 0.05) is 18.3 Å². The van der Waals surface area contributed by atoms with Gasteiger partial charge in [-0.05, 0) is 36.8 Å². The van der Waals surface area contributed by atoms with Crippen LogP contribution >= 0.6 is 0 Å². The quantitative estimate of drug-likeness (QED) is 0.574. The van der Waals surface area contributed by atoms with Crippen molar-refractivity contribution in [1.29, 1.82) is 0 Å². The smallest absolute Gasteiger partial charge is 0.279 e. The maximum absolute atomic E-state index is 12.3. The van der Waals surface area contributed by atoms with E-state index in [1.165, 1.54) is 6.92 Å². The Morgan fingerprint density at radius 1 is 1.00 bits per heavy atom. The normalized spacial score (nSPS) is 12.9. The van der Waals surface area contributed by atoms with Crippen molar-refractivity contribution in [2.75, 3.05) is 30.3 Å². The molecule has 138 valence electrons. The predicted octanol–water partition coefficient (Wildman–Crippen LogP) is 1.22. The van der Waals surface area contributed by atoms with Crippen LogP contribution in [0.2, 0.25) is 0 Å². The fourth-order valence-corrected chi connectivity index (χ4v) is 2.68. The van der Waals surface area contributed by atoms with Gasteiger partial charge in [0.2, 0.25) is 5.91 Å². The topological polar surface area (TPSA) is 82.9 Å². The lowest BCUT2D eigenvalue weighted by Gasteiger charge is -2.20. The van der Waals surface area contributed by atoms with Crippen LogP contribution in [0.5, 0.6) is 0 Å². The Hall–Kier alpha value is -2.70. The van der Waals surface area contributed by atoms with E-state index in [-0.39, 0.29) is 18.4 Å². The first-order valence-electron chi connectivity index (χ1n) is 8.72. The van der Waals surface area contributed by atoms with Gasteiger partial charge in [-0.25, -0.2) is 0 Å². The summed E-state index contributed by atoms with van der Waals surface area (Å²) in [6, 6.07) is 16.4. The molecule has 0 bridgehead atoms. The Kier molecular flexibility index (Phi) is 7.32. The molecule has 0 aliphatic carbocycles. The van der Waals surface area contributed by atoms with E-state index in [0.717, 1.165) is 17.0 Å². The third kappa shape index (κ3) is 6.31. The molecule has 2 amide bonds. The lowest BCUT2D eigenvalue weighted by atomic mass is 10.1. The molecule has 0 spiro atoms. The zero-order chi connectivity index (χ0) is 18.9. The van der Waals surface area contributed by atoms with Gasteiger partial charge in [0.1, 0.15) is 12.6 Å². The number of anilines is 2. The van der Waals surface area contributed by atoms with Crippen LogP contribution in [-0.4, -0.2) is 36.6 Å². The van der Waals surface area contributed by atoms with E-state index in [4.69, 9.17) is 0 Å². The number of aliphatic hydroxyl groups is 1. The molecule has 0 fully saturated rings. The molecule has 2 aromatic rings. The monoisotopic (exact) mass is 356 g/mol. The fourth-order valence-electron chi connectivity index (χ4n) is 2.68. The first kappa shape index (κ1) is 19.6. The van der Waals surface area contributed by atoms with Crippen LogP contribution in [0.15, 0.2) is 54.6 Å². The van der Waals surface area contributed by atoms with E-state index in [0.29, 0.717) is 17.9 Å². The Bertz CT molecular complexity index is 717. The molecule has 4 N–H and O–H groups in total. The molecule has 26 heavy (non-hydrogen) atoms. The minimum absolute atomic E-state index is 0.116. The van der Waals surface area contributed by atoms with Gasteiger partial charge in [-0.15, -0.1) is 0 Å². The van der Waals surface area contributed by atoms with Crippen LogP contribution in [0, 0.1) is 0 Å². The molecule has 0 saturated carbocycles. The maximum Gasteiger partial charge on any atom is 0.279 e. The molecular weight excluding hydrogens is 330 g/mol. The molecule has 6 heteroatoms. The van der Waals surface area contributed by atoms with E-state index < -0.39 is 6.10 Å². The van der Waals surface area contributed by atoms with Gasteiger partial charge in [-0.2, -0.15) is 0 Å². The minimum Gasteiger partial charge on any atom is -0.382 e. The highest BCUT2D eigenvalue weighted by atomic mass is 16.3. The first-order valence-corrected chi connectivity index (χ1v) is 8.72. The lowest BCUT2D eigenvalue weighted by molar-refractivity contribution is -0.893. The highest BCUT2D eigenvalue weighted by molar-refractivity contribution is 5.92. The van der Waals surface area contributed by atoms with E-state index in [2.05, 4.69) is 10.6 Å². The van der Waals surface area contributed by atoms with Crippen molar-refractivity contribution in [3.05, 3.63) is 60.2 Å². The molecule has 0 saturated heterocycles. The first-order chi connectivity index (χ1) is 12.5. The van der Waals surface area contributed by atoms with Crippen molar-refractivity contribution < 1.29 is 19.6 Å². The van der Waals surface area contributed by atoms with Crippen LogP contribution < -0.4 is 15.5 Å². The maximum atomic E-state index is 12.3. The highest BCUT2D eigenvalue weighted by Gasteiger charge is 2.18. The molecule has 0 aromatic heterocycles. The zero-order valence-corrected chi connectivity index (χ0v) is 15.2. The van der Waals surface area contributed by atoms with Crippen LogP contribution in [0.4, 0.5) is 11.4 Å². The summed E-state index contributed by atoms with van der Waals surface area (Å²) in [4.78, 5) is 24.3. The summed E-state index contributed by atoms with van der Waals surface area (Å²) in [7, 11) is 0. The van der Waals surface area contributed by atoms with Gasteiger partial charge in [-0.1, -0.05) is 30.3 Å². The summed E-state index contributed by atoms with van der Waals surface area (Å²) in [5.41, 5.74) is 2.21. The number of amides is 2. The van der Waals surface area contributed by atoms with Crippen LogP contribution in [0.25, 0.3) is 0 Å². The highest BCUT2D eigenvalue weighted by Crippen LogP contribution is 2.13. The number of carbonyl (C=O) groups excluding carboxylic acids is 2. The van der Waals surface area contributed by atoms with Crippen LogP contribution in [-0.2, 0) is 9.59 Å². The second-order valence-electron chi connectivity index (χ2n) is 6.22. The van der Waals surface area contributed by atoms with Gasteiger partial charge in [-0.3, -0.25) is 9.59 Å². The average molecular weight is 356 g/mol. The van der Waals surface area contributed by atoms with Crippen molar-refractivity contribution >= 4 is 23.2 Å². The van der Waals surface area contributed by atoms with Gasteiger partial charge in [0.25, 0.3) is 5.91 Å². The Labute approximate surface area is 153 Å². The minimum atomic E-state index is -0.601. The lowest BCUT2D eigenvalue weighted by Crippen LogP contribution is -3.13. The Morgan fingerprint density at radius 2 is 1.58 bits per heavy atom. The number of aliphatic hydroxyl groups excluding tert-OH is 1. The third-order valence-electron chi connectivity index (χ3n) is 4.07. The summed E-state index contributed by atoms with van der Waals surface area (Å²) >= 11 is 0. The van der Waals surface area contributed by atoms with Crippen molar-refractivity contribution in [3.8, 4) is 0 Å². The number of hydrogen-bond acceptors (Lipinski definition) is 3. The molecule has 2 aromatic carbocycles. The Balaban J connectivity index is 1.87. The number of nitrogens with one attached hydrogen (secondary N) is 3. The van der Waals surface area contributed by atoms with E-state index in [9.17, 15) is 14.7 Å². The van der Waals surface area contributed by atoms with Crippen molar-refractivity contribution in [2.24, 2.45) is 0 Å². The molecular formula is C20H26N3O3+. The van der Waals surface area contributed by atoms with Crippen LogP contribution in [0.3, 0.4) is 0 Å². The molecule has 0 heterocycles. The van der Waals surface area contributed by atoms with E-state index in [1.54, 1.807) is 24.3 Å². The number of quaternary nitrogens is 1. The Morgan fingerprint density at radius 3 is 2.12 bits per heavy atom. The predicted molar refractivity (Wildman–Crippen MR) is 102 cm³/mol. The number of carbonyl (C=O) groups is 2. The number of rotatable bonds is 8. The fraction of sp³-hybridized carbons (Fsp3) is 0.300. The van der Waals surface area contributed by atoms with Gasteiger partial charge >= 0.3 is 0 Å². The molecule has 0 aliphatic rings. The molecule has 6 nitrogen and oxygen atoms in total. The largest absolute Gasteiger partial charge is 0.382 e. The second kappa shape index (κ2) is 9.70. The van der Waals surface area contributed by atoms with Gasteiger partial charge < -0.3 is 20.6 Å². The molecule has 0 radical (unpaired) electrons. The molecule has 0 aliphatic heterocycles. The van der Waals surface area contributed by atoms with E-state index in [1.807, 2.05) is 37.3 Å². The van der Waals surface area contributed by atoms with Crippen molar-refractivity contribution in [3.63, 3.8) is 0 Å². The average Bonchev–Trinajstić information content (AvgIpc) is 2.63. The number of hydrogen-bond donors (Lipinski definition) is 4. The molecule has 2 rings (SSSR count). The summed E-state index contributed by atoms with van der Waals surface area (Å²) in [5, 5.41) is 15.9. The summed E-state index contributed by atoms with van der Waals surface area (Å²) < 4.78 is 0. The number of likely N-dealkylation sites (N-methyl/N-ethyl adjacent to an activating group) is 1. The second-order valence-corrected chi connectivity index (χ2v) is 6.22. The molecule has 2 atom stereocenters. The summed E-state index contributed by atoms with van der Waals surface area (Å²) in [6.45, 7) is 4.91. The van der Waals surface area contributed by atoms with Crippen molar-refractivity contribution in [1.82, 2.24) is 0 Å². The zero-order valence-electron chi connectivity index (χ0n) is 15.2. The molecule has 1 unspecified atom stereocenters. The van der Waals surface area contributed by atoms with Crippen molar-refractivity contribution in [2.45, 2.75) is 20.0 Å². The summed E-state index contributed by atoms with van der Waals surface area (Å²) in [6.07, 6.45) is -0.601. The summed E-state index contributed by atoms with van der Waals surface area (Å²) in [5.74, 6) is -0.254. The standard InChI is InChI=1S/C20H25N3O3/c1-3-23(13-19(25)16-7-5-4-6-8-16)14-20(26)22-18-11-9-17(10-12-18)21-15(2)24/h4-12,19,25H,3,13-14H2,1-2H3,(H,21,24)(H,22,26)/p+1/t19-/m0/s1. The van der Waals surface area contributed by atoms with Gasteiger partial charge in [0.15, 0.2) is 6.54 Å². The SMILES string of the molecule is CC[NH+](CC(=O)Nc1ccc(NC(C)=O)cc1)C[C@H](O)c1ccccc1. The van der Waals surface area contributed by atoms with Gasteiger partial charge in [0.05, 0.1) is 6.54 Å².